The van der Waals surface area contributed by atoms with Gasteiger partial charge in [0.25, 0.3) is 0 Å². The van der Waals surface area contributed by atoms with Gasteiger partial charge in [-0.1, -0.05) is 19.9 Å². The molecule has 0 spiro atoms. The molecule has 5 heteroatoms. The molecule has 20 heavy (non-hydrogen) atoms. The second-order valence-corrected chi connectivity index (χ2v) is 6.81. The first kappa shape index (κ1) is 17.8. The van der Waals surface area contributed by atoms with Crippen LogP contribution in [0.25, 0.3) is 0 Å². The van der Waals surface area contributed by atoms with Crippen molar-refractivity contribution in [1.82, 2.24) is 4.90 Å². The van der Waals surface area contributed by atoms with E-state index in [1.165, 1.54) is 17.7 Å². The van der Waals surface area contributed by atoms with Crippen molar-refractivity contribution in [2.24, 2.45) is 22.6 Å². The minimum absolute atomic E-state index is 0. The summed E-state index contributed by atoms with van der Waals surface area (Å²) in [5.74, 6) is 2.04. The van der Waals surface area contributed by atoms with Crippen LogP contribution >= 0.6 is 35.3 Å². The van der Waals surface area contributed by atoms with Gasteiger partial charge in [0.1, 0.15) is 0 Å². The molecule has 0 bridgehead atoms. The number of rotatable bonds is 4. The molecule has 0 amide bonds. The molecule has 0 saturated carbocycles. The van der Waals surface area contributed by atoms with Crippen molar-refractivity contribution in [1.29, 1.82) is 0 Å². The van der Waals surface area contributed by atoms with Crippen LogP contribution in [-0.4, -0.2) is 30.5 Å². The Morgan fingerprint density at radius 1 is 1.60 bits per heavy atom. The number of halogens is 1. The lowest BCUT2D eigenvalue weighted by molar-refractivity contribution is 0.270. The lowest BCUT2D eigenvalue weighted by atomic mass is 10.0. The van der Waals surface area contributed by atoms with E-state index in [1.807, 2.05) is 11.3 Å². The van der Waals surface area contributed by atoms with Crippen LogP contribution in [0.15, 0.2) is 22.5 Å². The summed E-state index contributed by atoms with van der Waals surface area (Å²) >= 11 is 1.82. The van der Waals surface area contributed by atoms with Gasteiger partial charge in [0.15, 0.2) is 5.96 Å². The van der Waals surface area contributed by atoms with Gasteiger partial charge in [-0.3, -0.25) is 4.99 Å². The van der Waals surface area contributed by atoms with E-state index < -0.39 is 0 Å². The van der Waals surface area contributed by atoms with E-state index in [-0.39, 0.29) is 24.0 Å². The van der Waals surface area contributed by atoms with E-state index in [2.05, 4.69) is 41.3 Å². The van der Waals surface area contributed by atoms with Crippen LogP contribution in [-0.2, 0) is 6.42 Å². The first-order chi connectivity index (χ1) is 9.15. The molecule has 1 aromatic rings. The van der Waals surface area contributed by atoms with Crippen molar-refractivity contribution >= 4 is 41.3 Å². The maximum absolute atomic E-state index is 6.11. The topological polar surface area (TPSA) is 41.6 Å². The molecule has 1 aromatic heterocycles. The Labute approximate surface area is 143 Å². The van der Waals surface area contributed by atoms with Crippen LogP contribution < -0.4 is 5.73 Å². The first-order valence-electron chi connectivity index (χ1n) is 7.22. The molecule has 1 fully saturated rings. The average molecular weight is 407 g/mol. The highest BCUT2D eigenvalue weighted by Gasteiger charge is 2.17. The van der Waals surface area contributed by atoms with Crippen LogP contribution in [0.4, 0.5) is 0 Å². The summed E-state index contributed by atoms with van der Waals surface area (Å²) < 4.78 is 0. The smallest absolute Gasteiger partial charge is 0.191 e. The van der Waals surface area contributed by atoms with Gasteiger partial charge in [-0.25, -0.2) is 0 Å². The number of thiophene rings is 1. The summed E-state index contributed by atoms with van der Waals surface area (Å²) in [5, 5.41) is 2.13. The molecule has 114 valence electrons. The van der Waals surface area contributed by atoms with Crippen molar-refractivity contribution in [2.75, 3.05) is 19.6 Å². The molecule has 2 unspecified atom stereocenters. The first-order valence-corrected chi connectivity index (χ1v) is 8.10. The van der Waals surface area contributed by atoms with Gasteiger partial charge in [-0.05, 0) is 42.5 Å². The molecule has 0 radical (unpaired) electrons. The van der Waals surface area contributed by atoms with E-state index in [4.69, 9.17) is 5.73 Å². The van der Waals surface area contributed by atoms with Crippen LogP contribution in [0, 0.1) is 11.8 Å². The fourth-order valence-corrected chi connectivity index (χ4v) is 3.45. The molecule has 2 rings (SSSR count). The number of guanidine groups is 1. The number of hydrogen-bond donors (Lipinski definition) is 1. The number of likely N-dealkylation sites (tertiary alicyclic amines) is 1. The summed E-state index contributed by atoms with van der Waals surface area (Å²) in [6, 6.07) is 4.31. The Morgan fingerprint density at radius 2 is 2.40 bits per heavy atom. The fraction of sp³-hybridized carbons (Fsp3) is 0.667. The monoisotopic (exact) mass is 407 g/mol. The third-order valence-corrected chi connectivity index (χ3v) is 4.57. The average Bonchev–Trinajstić information content (AvgIpc) is 2.88. The van der Waals surface area contributed by atoms with E-state index in [0.29, 0.717) is 5.92 Å². The predicted molar refractivity (Wildman–Crippen MR) is 99.1 cm³/mol. The molecule has 0 aliphatic carbocycles. The van der Waals surface area contributed by atoms with Crippen LogP contribution in [0.5, 0.6) is 0 Å². The van der Waals surface area contributed by atoms with Crippen molar-refractivity contribution in [3.63, 3.8) is 0 Å². The number of aliphatic imine (C=N–C) groups is 1. The Morgan fingerprint density at radius 3 is 3.05 bits per heavy atom. The van der Waals surface area contributed by atoms with E-state index in [1.54, 1.807) is 0 Å². The SMILES string of the molecule is CC(CN=C(N)N1CCCC(C)C1)Cc1cccs1.I. The number of nitrogens with zero attached hydrogens (tertiary/aromatic N) is 2. The van der Waals surface area contributed by atoms with Crippen molar-refractivity contribution in [3.8, 4) is 0 Å². The van der Waals surface area contributed by atoms with Gasteiger partial charge in [0, 0.05) is 24.5 Å². The summed E-state index contributed by atoms with van der Waals surface area (Å²) in [6.07, 6.45) is 3.66. The van der Waals surface area contributed by atoms with Crippen molar-refractivity contribution in [2.45, 2.75) is 33.1 Å². The quantitative estimate of drug-likeness (QED) is 0.471. The summed E-state index contributed by atoms with van der Waals surface area (Å²) in [5.41, 5.74) is 6.11. The molecule has 1 aliphatic heterocycles. The second kappa shape index (κ2) is 8.87. The normalized spacial score (nSPS) is 21.4. The summed E-state index contributed by atoms with van der Waals surface area (Å²) in [6.45, 7) is 7.50. The molecule has 2 N–H and O–H groups in total. The minimum atomic E-state index is 0. The third kappa shape index (κ3) is 5.60. The van der Waals surface area contributed by atoms with Gasteiger partial charge < -0.3 is 10.6 Å². The zero-order chi connectivity index (χ0) is 13.7. The molecule has 1 aliphatic rings. The molecule has 3 nitrogen and oxygen atoms in total. The van der Waals surface area contributed by atoms with Crippen molar-refractivity contribution < 1.29 is 0 Å². The molecule has 2 atom stereocenters. The highest BCUT2D eigenvalue weighted by molar-refractivity contribution is 14.0. The molecular formula is C15H26IN3S. The number of piperidine rings is 1. The number of hydrogen-bond acceptors (Lipinski definition) is 2. The Balaban J connectivity index is 0.00000200. The Hall–Kier alpha value is -0.300. The van der Waals surface area contributed by atoms with Gasteiger partial charge in [-0.15, -0.1) is 35.3 Å². The highest BCUT2D eigenvalue weighted by Crippen LogP contribution is 2.16. The molecule has 2 heterocycles. The molecule has 1 saturated heterocycles. The standard InChI is InChI=1S/C15H25N3S.HI/c1-12-5-3-7-18(11-12)15(16)17-10-13(2)9-14-6-4-8-19-14;/h4,6,8,12-13H,3,5,7,9-11H2,1-2H3,(H2,16,17);1H. The second-order valence-electron chi connectivity index (χ2n) is 5.78. The van der Waals surface area contributed by atoms with Gasteiger partial charge in [0.2, 0.25) is 0 Å². The lowest BCUT2D eigenvalue weighted by Gasteiger charge is -2.31. The van der Waals surface area contributed by atoms with Gasteiger partial charge in [0.05, 0.1) is 0 Å². The Bertz CT molecular complexity index is 405. The third-order valence-electron chi connectivity index (χ3n) is 3.68. The summed E-state index contributed by atoms with van der Waals surface area (Å²) in [4.78, 5) is 8.27. The van der Waals surface area contributed by atoms with E-state index >= 15 is 0 Å². The molecule has 0 aromatic carbocycles. The zero-order valence-electron chi connectivity index (χ0n) is 12.4. The van der Waals surface area contributed by atoms with Crippen LogP contribution in [0.1, 0.15) is 31.6 Å². The highest BCUT2D eigenvalue weighted by atomic mass is 127. The summed E-state index contributed by atoms with van der Waals surface area (Å²) in [7, 11) is 0. The van der Waals surface area contributed by atoms with Crippen LogP contribution in [0.3, 0.4) is 0 Å². The Kier molecular flexibility index (Phi) is 7.87. The zero-order valence-corrected chi connectivity index (χ0v) is 15.6. The van der Waals surface area contributed by atoms with E-state index in [0.717, 1.165) is 37.9 Å². The molecular weight excluding hydrogens is 381 g/mol. The minimum Gasteiger partial charge on any atom is -0.370 e. The van der Waals surface area contributed by atoms with Gasteiger partial charge >= 0.3 is 0 Å². The van der Waals surface area contributed by atoms with Crippen LogP contribution in [0.2, 0.25) is 0 Å². The predicted octanol–water partition coefficient (Wildman–Crippen LogP) is 3.59. The lowest BCUT2D eigenvalue weighted by Crippen LogP contribution is -2.43. The number of nitrogens with two attached hydrogens (primary N) is 1. The van der Waals surface area contributed by atoms with Gasteiger partial charge in [-0.2, -0.15) is 0 Å². The maximum Gasteiger partial charge on any atom is 0.191 e. The fourth-order valence-electron chi connectivity index (χ4n) is 2.58. The maximum atomic E-state index is 6.11. The van der Waals surface area contributed by atoms with E-state index in [9.17, 15) is 0 Å². The largest absolute Gasteiger partial charge is 0.370 e. The van der Waals surface area contributed by atoms with Crippen molar-refractivity contribution in [3.05, 3.63) is 22.4 Å².